The Morgan fingerprint density at radius 3 is 2.63 bits per heavy atom. The number of allylic oxidation sites excluding steroid dienone is 1. The number of fused-ring (bicyclic) bond motifs is 4. The maximum atomic E-state index is 14.0. The molecule has 248 valence electrons. The molecule has 1 fully saturated rings. The Labute approximate surface area is 269 Å². The molecule has 3 amide bonds. The molecule has 4 bridgehead atoms. The highest BCUT2D eigenvalue weighted by Crippen LogP contribution is 2.19. The van der Waals surface area contributed by atoms with Crippen LogP contribution in [0.25, 0.3) is 6.08 Å². The SMILES string of the molecule is COC1CCC=Cc2ccnc(c2)COC(=O)C2CCCN(N2)C(=O)C(Cc2cccc(O)c2)NC(=O)C(C(C)C)NC(=O)C1C. The normalized spacial score (nSPS) is 25.6. The number of phenolic OH excluding ortho intramolecular Hbond substituents is 1. The Bertz CT molecular complexity index is 1410. The predicted octanol–water partition coefficient (Wildman–Crippen LogP) is 2.65. The van der Waals surface area contributed by atoms with Crippen molar-refractivity contribution in [3.63, 3.8) is 0 Å². The van der Waals surface area contributed by atoms with Crippen molar-refractivity contribution >= 4 is 29.8 Å². The molecule has 2 aliphatic rings. The second kappa shape index (κ2) is 16.3. The molecule has 12 nitrogen and oxygen atoms in total. The van der Waals surface area contributed by atoms with E-state index in [1.54, 1.807) is 32.4 Å². The van der Waals surface area contributed by atoms with E-state index in [2.05, 4.69) is 21.0 Å². The van der Waals surface area contributed by atoms with Gasteiger partial charge in [-0.1, -0.05) is 45.1 Å². The van der Waals surface area contributed by atoms with Crippen LogP contribution < -0.4 is 16.1 Å². The topological polar surface area (TPSA) is 159 Å². The number of phenols is 1. The van der Waals surface area contributed by atoms with Crippen LogP contribution in [-0.4, -0.2) is 76.7 Å². The molecular weight excluding hydrogens is 590 g/mol. The van der Waals surface area contributed by atoms with Crippen molar-refractivity contribution in [3.8, 4) is 5.75 Å². The van der Waals surface area contributed by atoms with Crippen LogP contribution in [-0.2, 0) is 41.7 Å². The lowest BCUT2D eigenvalue weighted by atomic mass is 9.96. The lowest BCUT2D eigenvalue weighted by molar-refractivity contribution is -0.154. The fourth-order valence-corrected chi connectivity index (χ4v) is 5.65. The molecule has 0 radical (unpaired) electrons. The van der Waals surface area contributed by atoms with E-state index in [9.17, 15) is 24.3 Å². The van der Waals surface area contributed by atoms with E-state index in [4.69, 9.17) is 9.47 Å². The summed E-state index contributed by atoms with van der Waals surface area (Å²) < 4.78 is 11.2. The number of aromatic hydroxyl groups is 1. The lowest BCUT2D eigenvalue weighted by Gasteiger charge is -2.35. The van der Waals surface area contributed by atoms with Crippen LogP contribution >= 0.6 is 0 Å². The summed E-state index contributed by atoms with van der Waals surface area (Å²) in [5, 5.41) is 17.1. The number of cyclic esters (lactones) is 1. The molecule has 4 N–H and O–H groups in total. The van der Waals surface area contributed by atoms with Crippen LogP contribution in [0.15, 0.2) is 48.7 Å². The van der Waals surface area contributed by atoms with Crippen LogP contribution in [0.5, 0.6) is 5.75 Å². The van der Waals surface area contributed by atoms with E-state index in [0.717, 1.165) is 5.56 Å². The van der Waals surface area contributed by atoms with Gasteiger partial charge in [0.25, 0.3) is 5.91 Å². The molecule has 1 saturated heterocycles. The van der Waals surface area contributed by atoms with Crippen molar-refractivity contribution in [1.82, 2.24) is 26.1 Å². The van der Waals surface area contributed by atoms with E-state index in [1.807, 2.05) is 38.1 Å². The average Bonchev–Trinajstić information content (AvgIpc) is 3.04. The molecule has 0 spiro atoms. The number of hydrogen-bond acceptors (Lipinski definition) is 9. The van der Waals surface area contributed by atoms with E-state index < -0.39 is 47.9 Å². The summed E-state index contributed by atoms with van der Waals surface area (Å²) in [6.45, 7) is 5.68. The number of methoxy groups -OCH3 is 1. The van der Waals surface area contributed by atoms with Gasteiger partial charge in [-0.2, -0.15) is 0 Å². The minimum Gasteiger partial charge on any atom is -0.508 e. The van der Waals surface area contributed by atoms with Crippen LogP contribution in [0.4, 0.5) is 0 Å². The number of carbonyl (C=O) groups is 4. The van der Waals surface area contributed by atoms with Gasteiger partial charge in [-0.25, -0.2) is 5.43 Å². The summed E-state index contributed by atoms with van der Waals surface area (Å²) in [6, 6.07) is 7.38. The summed E-state index contributed by atoms with van der Waals surface area (Å²) in [4.78, 5) is 58.5. The van der Waals surface area contributed by atoms with Gasteiger partial charge in [-0.3, -0.25) is 29.2 Å². The van der Waals surface area contributed by atoms with Gasteiger partial charge in [0.05, 0.1) is 17.7 Å². The number of carbonyl (C=O) groups excluding carboxylic acids is 4. The minimum absolute atomic E-state index is 0.0260. The Kier molecular flexibility index (Phi) is 12.3. The number of hydrogen-bond donors (Lipinski definition) is 4. The summed E-state index contributed by atoms with van der Waals surface area (Å²) >= 11 is 0. The number of aromatic nitrogens is 1. The standard InChI is InChI=1S/C34H45N5O7/c1-21(2)30-32(42)36-28(19-24-10-7-11-26(40)18-24)33(43)39-16-8-12-27(38-39)34(44)46-20-25-17-23(14-15-35-25)9-5-6-13-29(45-4)22(3)31(41)37-30/h5,7,9-11,14-15,17-18,21-22,27-30,38,40H,6,8,12-13,16,19-20H2,1-4H3,(H,36,42)(H,37,41). The molecule has 5 unspecified atom stereocenters. The lowest BCUT2D eigenvalue weighted by Crippen LogP contribution is -2.62. The number of nitrogens with zero attached hydrogens (tertiary/aromatic N) is 2. The Balaban J connectivity index is 1.64. The Morgan fingerprint density at radius 2 is 1.89 bits per heavy atom. The van der Waals surface area contributed by atoms with Gasteiger partial charge < -0.3 is 25.2 Å². The van der Waals surface area contributed by atoms with Gasteiger partial charge in [0.15, 0.2) is 0 Å². The van der Waals surface area contributed by atoms with Crippen molar-refractivity contribution in [3.05, 3.63) is 65.5 Å². The van der Waals surface area contributed by atoms with Crippen molar-refractivity contribution in [2.75, 3.05) is 13.7 Å². The van der Waals surface area contributed by atoms with Gasteiger partial charge in [-0.15, -0.1) is 0 Å². The van der Waals surface area contributed by atoms with Crippen LogP contribution in [0.1, 0.15) is 63.3 Å². The third-order valence-corrected chi connectivity index (χ3v) is 8.35. The first kappa shape index (κ1) is 34.6. The van der Waals surface area contributed by atoms with Crippen LogP contribution in [0, 0.1) is 11.8 Å². The third kappa shape index (κ3) is 9.37. The van der Waals surface area contributed by atoms with E-state index in [1.165, 1.54) is 17.1 Å². The fourth-order valence-electron chi connectivity index (χ4n) is 5.65. The number of esters is 1. The van der Waals surface area contributed by atoms with Crippen LogP contribution in [0.3, 0.4) is 0 Å². The monoisotopic (exact) mass is 635 g/mol. The smallest absolute Gasteiger partial charge is 0.325 e. The van der Waals surface area contributed by atoms with Crippen molar-refractivity contribution in [2.24, 2.45) is 11.8 Å². The Morgan fingerprint density at radius 1 is 1.09 bits per heavy atom. The maximum absolute atomic E-state index is 14.0. The first-order valence-corrected chi connectivity index (χ1v) is 15.8. The van der Waals surface area contributed by atoms with Gasteiger partial charge in [0, 0.05) is 26.3 Å². The van der Waals surface area contributed by atoms with E-state index in [-0.39, 0.29) is 30.6 Å². The van der Waals surface area contributed by atoms with Gasteiger partial charge in [0.1, 0.15) is 30.5 Å². The quantitative estimate of drug-likeness (QED) is 0.371. The van der Waals surface area contributed by atoms with Gasteiger partial charge in [-0.05, 0) is 67.0 Å². The molecule has 0 aliphatic carbocycles. The van der Waals surface area contributed by atoms with Gasteiger partial charge >= 0.3 is 5.97 Å². The highest BCUT2D eigenvalue weighted by atomic mass is 16.5. The molecule has 4 rings (SSSR count). The first-order valence-electron chi connectivity index (χ1n) is 15.8. The van der Waals surface area contributed by atoms with Crippen molar-refractivity contribution in [1.29, 1.82) is 0 Å². The average molecular weight is 636 g/mol. The number of pyridine rings is 1. The fraction of sp³-hybridized carbons (Fsp3) is 0.500. The molecule has 1 aromatic heterocycles. The number of nitrogens with one attached hydrogen (secondary N) is 3. The third-order valence-electron chi connectivity index (χ3n) is 8.35. The zero-order valence-electron chi connectivity index (χ0n) is 26.9. The zero-order chi connectivity index (χ0) is 33.2. The molecule has 46 heavy (non-hydrogen) atoms. The molecule has 1 aromatic carbocycles. The van der Waals surface area contributed by atoms with Crippen molar-refractivity contribution < 1.29 is 33.8 Å². The first-order chi connectivity index (χ1) is 22.0. The maximum Gasteiger partial charge on any atom is 0.325 e. The van der Waals surface area contributed by atoms with Gasteiger partial charge in [0.2, 0.25) is 11.8 Å². The summed E-state index contributed by atoms with van der Waals surface area (Å²) in [5.74, 6) is -2.64. The van der Waals surface area contributed by atoms with E-state index >= 15 is 0 Å². The second-order valence-corrected chi connectivity index (χ2v) is 12.2. The summed E-state index contributed by atoms with van der Waals surface area (Å²) in [6.07, 6.45) is 7.46. The highest BCUT2D eigenvalue weighted by Gasteiger charge is 2.36. The number of ether oxygens (including phenoxy) is 2. The summed E-state index contributed by atoms with van der Waals surface area (Å²) in [7, 11) is 1.56. The molecule has 3 heterocycles. The molecule has 5 atom stereocenters. The number of hydrazine groups is 1. The molecule has 12 heteroatoms. The molecule has 0 saturated carbocycles. The van der Waals surface area contributed by atoms with Crippen molar-refractivity contribution in [2.45, 2.75) is 83.7 Å². The number of amides is 3. The molecule has 2 aliphatic heterocycles. The molecular formula is C34H45N5O7. The molecule has 2 aromatic rings. The second-order valence-electron chi connectivity index (χ2n) is 12.2. The predicted molar refractivity (Wildman–Crippen MR) is 171 cm³/mol. The Hall–Kier alpha value is -4.29. The van der Waals surface area contributed by atoms with E-state index in [0.29, 0.717) is 43.5 Å². The zero-order valence-corrected chi connectivity index (χ0v) is 26.9. The minimum atomic E-state index is -1.06. The summed E-state index contributed by atoms with van der Waals surface area (Å²) in [5.41, 5.74) is 5.08. The largest absolute Gasteiger partial charge is 0.508 e. The van der Waals surface area contributed by atoms with Crippen LogP contribution in [0.2, 0.25) is 0 Å². The highest BCUT2D eigenvalue weighted by molar-refractivity contribution is 5.93. The number of benzene rings is 1. The number of rotatable bonds is 4.